The summed E-state index contributed by atoms with van der Waals surface area (Å²) in [7, 11) is 8.34. The highest BCUT2D eigenvalue weighted by atomic mass is 16.5. The number of hydrogen-bond acceptors (Lipinski definition) is 16. The molecule has 0 spiro atoms. The first-order valence-corrected chi connectivity index (χ1v) is 34.3. The van der Waals surface area contributed by atoms with Gasteiger partial charge in [0, 0.05) is 91.1 Å². The van der Waals surface area contributed by atoms with Gasteiger partial charge in [0.1, 0.15) is 24.2 Å². The van der Waals surface area contributed by atoms with E-state index < -0.39 is 103 Å². The number of amides is 11. The molecule has 8 N–H and O–H groups in total. The normalized spacial score (nSPS) is 17.8. The van der Waals surface area contributed by atoms with E-state index in [1.165, 1.54) is 26.4 Å². The van der Waals surface area contributed by atoms with Crippen LogP contribution in [0.4, 0.5) is 5.69 Å². The van der Waals surface area contributed by atoms with E-state index in [-0.39, 0.29) is 111 Å². The average Bonchev–Trinajstić information content (AvgIpc) is 1.91. The standard InChI is InChI=1S/C71H111N11O15/c1-15-23-53(80(12)71(94)65(45(5)6)78-70(93)66(46(7)8)79(10)11)55(95-13)40-63(89)81(35-16-2)43-57(96-14)47(9)67(90)76-52(37-49-24-19-17-20-25-49)68(91)72-34-33-48-27-29-50(30-28-48)75-60(86)42-74-69(92)64(44(3)4)77-59(85)39-51-38-54(83)56(97-51)41-73-58(84)26-21-18-22-36-82-61(87)31-32-62(82)88/h17,19-20,24-25,27-32,44-47,51-57,64-66,83H,15-16,18,21-23,26,33-43H2,1-14H3,(H,72,91)(H,73,84)(H,74,92)(H,75,86)(H,76,90)(H,77,85)(H,78,93)/t47?,51-,52+,53?,54?,55?,56-,57?,64?,65?,66?/m1/s1. The van der Waals surface area contributed by atoms with Crippen LogP contribution in [0.1, 0.15) is 138 Å². The van der Waals surface area contributed by atoms with Gasteiger partial charge in [-0.2, -0.15) is 0 Å². The smallest absolute Gasteiger partial charge is 0.253 e. The van der Waals surface area contributed by atoms with Crippen LogP contribution in [-0.2, 0) is 79.8 Å². The number of imide groups is 1. The molecule has 1 fully saturated rings. The quantitative estimate of drug-likeness (QED) is 0.0348. The van der Waals surface area contributed by atoms with Gasteiger partial charge < -0.3 is 66.3 Å². The number of carbonyl (C=O) groups is 11. The van der Waals surface area contributed by atoms with Crippen molar-refractivity contribution in [2.24, 2.45) is 23.7 Å². The largest absolute Gasteiger partial charge is 0.390 e. The molecule has 0 saturated carbocycles. The minimum absolute atomic E-state index is 0.000582. The van der Waals surface area contributed by atoms with E-state index in [0.29, 0.717) is 57.2 Å². The molecule has 0 aromatic heterocycles. The van der Waals surface area contributed by atoms with Gasteiger partial charge in [0.2, 0.25) is 53.2 Å². The number of nitrogens with zero attached hydrogens (tertiary/aromatic N) is 4. The average molecular weight is 1360 g/mol. The molecule has 2 heterocycles. The Labute approximate surface area is 573 Å². The molecule has 2 aromatic rings. The molecular weight excluding hydrogens is 1250 g/mol. The zero-order valence-electron chi connectivity index (χ0n) is 59.6. The summed E-state index contributed by atoms with van der Waals surface area (Å²) in [5.74, 6) is -5.58. The van der Waals surface area contributed by atoms with Crippen molar-refractivity contribution in [3.8, 4) is 0 Å². The molecule has 2 aliphatic rings. The summed E-state index contributed by atoms with van der Waals surface area (Å²) in [6.45, 7) is 17.3. The summed E-state index contributed by atoms with van der Waals surface area (Å²) in [5.41, 5.74) is 2.10. The predicted molar refractivity (Wildman–Crippen MR) is 368 cm³/mol. The molecule has 0 radical (unpaired) electrons. The number of unbranched alkanes of at least 4 members (excludes halogenated alkanes) is 2. The lowest BCUT2D eigenvalue weighted by Crippen LogP contribution is -2.58. The van der Waals surface area contributed by atoms with E-state index in [9.17, 15) is 57.8 Å². The lowest BCUT2D eigenvalue weighted by Gasteiger charge is -2.38. The third-order valence-corrected chi connectivity index (χ3v) is 17.7. The molecular formula is C71H111N11O15. The van der Waals surface area contributed by atoms with Gasteiger partial charge in [-0.25, -0.2) is 0 Å². The van der Waals surface area contributed by atoms with Crippen molar-refractivity contribution in [1.82, 2.24) is 51.5 Å². The van der Waals surface area contributed by atoms with Crippen LogP contribution in [0.2, 0.25) is 0 Å². The SMILES string of the molecule is CCCC(C(CC(=O)N(CCC)CC(OC)C(C)C(=O)N[C@@H](Cc1ccccc1)C(=O)NCCc1ccc(NC(=O)CNC(=O)C(NC(=O)C[C@H]2CC(O)[C@@H](CNC(=O)CCCCCN3C(=O)C=CC3=O)O2)C(C)C)cc1)OC)N(C)C(=O)C(NC(=O)C(C(C)C)N(C)C)C(C)C. The van der Waals surface area contributed by atoms with Gasteiger partial charge in [0.15, 0.2) is 0 Å². The van der Waals surface area contributed by atoms with Crippen LogP contribution in [0.25, 0.3) is 0 Å². The van der Waals surface area contributed by atoms with E-state index in [1.807, 2.05) is 90.9 Å². The molecule has 4 rings (SSSR count). The number of aliphatic hydroxyl groups is 1. The topological polar surface area (TPSA) is 333 Å². The molecule has 540 valence electrons. The number of ether oxygens (including phenoxy) is 3. The van der Waals surface area contributed by atoms with Gasteiger partial charge in [-0.05, 0) is 87.2 Å². The zero-order chi connectivity index (χ0) is 72.1. The van der Waals surface area contributed by atoms with Crippen molar-refractivity contribution in [2.45, 2.75) is 200 Å². The molecule has 97 heavy (non-hydrogen) atoms. The van der Waals surface area contributed by atoms with Crippen molar-refractivity contribution < 1.29 is 72.1 Å². The fraction of sp³-hybridized carbons (Fsp3) is 0.648. The maximum Gasteiger partial charge on any atom is 0.253 e. The van der Waals surface area contributed by atoms with E-state index in [0.717, 1.165) is 16.0 Å². The fourth-order valence-corrected chi connectivity index (χ4v) is 12.1. The van der Waals surface area contributed by atoms with Gasteiger partial charge in [-0.15, -0.1) is 0 Å². The highest BCUT2D eigenvalue weighted by Gasteiger charge is 2.40. The summed E-state index contributed by atoms with van der Waals surface area (Å²) in [6.07, 6.45) is 2.90. The van der Waals surface area contributed by atoms with Crippen LogP contribution in [0, 0.1) is 23.7 Å². The third kappa shape index (κ3) is 26.6. The maximum atomic E-state index is 14.4. The van der Waals surface area contributed by atoms with Crippen molar-refractivity contribution in [3.05, 3.63) is 77.9 Å². The number of carbonyl (C=O) groups excluding carboxylic acids is 11. The first-order chi connectivity index (χ1) is 46.0. The minimum atomic E-state index is -0.988. The van der Waals surface area contributed by atoms with Crippen LogP contribution >= 0.6 is 0 Å². The van der Waals surface area contributed by atoms with Crippen molar-refractivity contribution in [2.75, 3.05) is 79.9 Å². The van der Waals surface area contributed by atoms with Crippen molar-refractivity contribution >= 4 is 70.7 Å². The Bertz CT molecular complexity index is 2900. The van der Waals surface area contributed by atoms with Crippen molar-refractivity contribution in [1.29, 1.82) is 0 Å². The first kappa shape index (κ1) is 81.8. The molecule has 2 aliphatic heterocycles. The molecule has 0 bridgehead atoms. The summed E-state index contributed by atoms with van der Waals surface area (Å²) in [4.78, 5) is 152. The van der Waals surface area contributed by atoms with E-state index in [1.54, 1.807) is 61.9 Å². The number of aliphatic hydroxyl groups excluding tert-OH is 1. The minimum Gasteiger partial charge on any atom is -0.390 e. The number of nitrogens with one attached hydrogen (secondary N) is 7. The Balaban J connectivity index is 1.26. The number of anilines is 1. The maximum absolute atomic E-state index is 14.4. The second-order valence-corrected chi connectivity index (χ2v) is 26.7. The second kappa shape index (κ2) is 41.6. The van der Waals surface area contributed by atoms with Crippen LogP contribution < -0.4 is 37.2 Å². The molecule has 11 amide bonds. The number of rotatable bonds is 43. The Morgan fingerprint density at radius 3 is 1.92 bits per heavy atom. The predicted octanol–water partition coefficient (Wildman–Crippen LogP) is 3.43. The molecule has 0 aliphatic carbocycles. The van der Waals surface area contributed by atoms with E-state index in [2.05, 4.69) is 37.2 Å². The first-order valence-electron chi connectivity index (χ1n) is 34.3. The highest BCUT2D eigenvalue weighted by molar-refractivity contribution is 6.12. The number of benzene rings is 2. The van der Waals surface area contributed by atoms with E-state index >= 15 is 0 Å². The lowest BCUT2D eigenvalue weighted by atomic mass is 9.96. The zero-order valence-corrected chi connectivity index (χ0v) is 59.6. The molecule has 8 unspecified atom stereocenters. The molecule has 11 atom stereocenters. The highest BCUT2D eigenvalue weighted by Crippen LogP contribution is 2.25. The summed E-state index contributed by atoms with van der Waals surface area (Å²) in [6, 6.07) is 12.5. The monoisotopic (exact) mass is 1360 g/mol. The van der Waals surface area contributed by atoms with Gasteiger partial charge in [-0.1, -0.05) is 118 Å². The number of likely N-dealkylation sites (N-methyl/N-ethyl adjacent to an activating group) is 2. The van der Waals surface area contributed by atoms with Crippen molar-refractivity contribution in [3.63, 3.8) is 0 Å². The second-order valence-electron chi connectivity index (χ2n) is 26.7. The Kier molecular flexibility index (Phi) is 35.0. The number of hydrogen-bond donors (Lipinski definition) is 8. The van der Waals surface area contributed by atoms with Gasteiger partial charge >= 0.3 is 0 Å². The Hall–Kier alpha value is -7.65. The van der Waals surface area contributed by atoms with Crippen LogP contribution in [-0.4, -0.2) is 225 Å². The summed E-state index contributed by atoms with van der Waals surface area (Å²) in [5, 5.41) is 30.4. The van der Waals surface area contributed by atoms with Crippen LogP contribution in [0.15, 0.2) is 66.7 Å². The fourth-order valence-electron chi connectivity index (χ4n) is 12.1. The van der Waals surface area contributed by atoms with Crippen LogP contribution in [0.3, 0.4) is 0 Å². The summed E-state index contributed by atoms with van der Waals surface area (Å²) >= 11 is 0. The van der Waals surface area contributed by atoms with E-state index in [4.69, 9.17) is 14.2 Å². The number of methoxy groups -OCH3 is 2. The molecule has 2 aromatic carbocycles. The molecule has 1 saturated heterocycles. The van der Waals surface area contributed by atoms with Gasteiger partial charge in [-0.3, -0.25) is 62.5 Å². The third-order valence-electron chi connectivity index (χ3n) is 17.7. The lowest BCUT2D eigenvalue weighted by molar-refractivity contribution is -0.145. The molecule has 26 heteroatoms. The van der Waals surface area contributed by atoms with Gasteiger partial charge in [0.25, 0.3) is 11.8 Å². The molecule has 26 nitrogen and oxygen atoms in total. The van der Waals surface area contributed by atoms with Gasteiger partial charge in [0.05, 0.1) is 61.8 Å². The Morgan fingerprint density at radius 1 is 0.680 bits per heavy atom. The van der Waals surface area contributed by atoms with Crippen LogP contribution in [0.5, 0.6) is 0 Å². The Morgan fingerprint density at radius 2 is 1.33 bits per heavy atom. The summed E-state index contributed by atoms with van der Waals surface area (Å²) < 4.78 is 17.8.